The monoisotopic (exact) mass is 286 g/mol. The van der Waals surface area contributed by atoms with Crippen molar-refractivity contribution < 1.29 is 13.2 Å². The van der Waals surface area contributed by atoms with Crippen LogP contribution in [0.2, 0.25) is 0 Å². The number of thiazole rings is 1. The van der Waals surface area contributed by atoms with E-state index < -0.39 is 17.5 Å². The SMILES string of the molecule is CCCc1nc(N)sc1Cc1cc(F)c(F)cc1F. The van der Waals surface area contributed by atoms with Crippen LogP contribution in [-0.2, 0) is 12.8 Å². The molecule has 0 spiro atoms. The Morgan fingerprint density at radius 2 is 1.84 bits per heavy atom. The minimum atomic E-state index is -1.18. The van der Waals surface area contributed by atoms with Gasteiger partial charge < -0.3 is 5.73 Å². The van der Waals surface area contributed by atoms with Gasteiger partial charge in [0.1, 0.15) is 5.82 Å². The Kier molecular flexibility index (Phi) is 4.09. The Morgan fingerprint density at radius 1 is 1.16 bits per heavy atom. The van der Waals surface area contributed by atoms with Crippen LogP contribution in [0.5, 0.6) is 0 Å². The third kappa shape index (κ3) is 3.07. The number of halogens is 3. The van der Waals surface area contributed by atoms with Crippen LogP contribution in [0.25, 0.3) is 0 Å². The highest BCUT2D eigenvalue weighted by Crippen LogP contribution is 2.26. The molecule has 0 bridgehead atoms. The maximum Gasteiger partial charge on any atom is 0.180 e. The van der Waals surface area contributed by atoms with Crippen molar-refractivity contribution in [1.82, 2.24) is 4.98 Å². The molecule has 1 aromatic heterocycles. The van der Waals surface area contributed by atoms with Crippen LogP contribution in [0.1, 0.15) is 29.5 Å². The van der Waals surface area contributed by atoms with E-state index in [0.717, 1.165) is 29.5 Å². The predicted molar refractivity (Wildman–Crippen MR) is 69.6 cm³/mol. The van der Waals surface area contributed by atoms with Crippen molar-refractivity contribution in [2.45, 2.75) is 26.2 Å². The Labute approximate surface area is 113 Å². The molecule has 6 heteroatoms. The number of nitrogens with two attached hydrogens (primary N) is 1. The van der Waals surface area contributed by atoms with Gasteiger partial charge in [0.2, 0.25) is 0 Å². The van der Waals surface area contributed by atoms with E-state index in [1.165, 1.54) is 11.3 Å². The van der Waals surface area contributed by atoms with Gasteiger partial charge in [-0.25, -0.2) is 18.2 Å². The molecule has 0 radical (unpaired) electrons. The van der Waals surface area contributed by atoms with Crippen LogP contribution in [0, 0.1) is 17.5 Å². The Hall–Kier alpha value is -1.56. The maximum atomic E-state index is 13.6. The minimum absolute atomic E-state index is 0.111. The molecule has 0 atom stereocenters. The maximum absolute atomic E-state index is 13.6. The highest BCUT2D eigenvalue weighted by molar-refractivity contribution is 7.15. The Morgan fingerprint density at radius 3 is 2.53 bits per heavy atom. The number of aryl methyl sites for hydroxylation is 1. The molecule has 0 amide bonds. The average Bonchev–Trinajstić information content (AvgIpc) is 2.67. The zero-order chi connectivity index (χ0) is 14.0. The quantitative estimate of drug-likeness (QED) is 0.871. The number of hydrogen-bond acceptors (Lipinski definition) is 3. The first-order valence-electron chi connectivity index (χ1n) is 5.88. The summed E-state index contributed by atoms with van der Waals surface area (Å²) in [4.78, 5) is 4.97. The first-order chi connectivity index (χ1) is 9.01. The summed E-state index contributed by atoms with van der Waals surface area (Å²) in [6, 6.07) is 1.45. The van der Waals surface area contributed by atoms with E-state index in [1.807, 2.05) is 6.92 Å². The number of hydrogen-bond donors (Lipinski definition) is 1. The summed E-state index contributed by atoms with van der Waals surface area (Å²) in [5.74, 6) is -2.99. The number of nitrogens with zero attached hydrogens (tertiary/aromatic N) is 1. The predicted octanol–water partition coefficient (Wildman–Crippen LogP) is 3.69. The molecule has 2 rings (SSSR count). The summed E-state index contributed by atoms with van der Waals surface area (Å²) in [5, 5.41) is 0.404. The summed E-state index contributed by atoms with van der Waals surface area (Å²) in [5.41, 5.74) is 6.55. The van der Waals surface area contributed by atoms with E-state index >= 15 is 0 Å². The Bertz CT molecular complexity index is 596. The second kappa shape index (κ2) is 5.61. The van der Waals surface area contributed by atoms with E-state index in [-0.39, 0.29) is 12.0 Å². The van der Waals surface area contributed by atoms with Crippen molar-refractivity contribution in [2.24, 2.45) is 0 Å². The molecular formula is C13H13F3N2S. The number of rotatable bonds is 4. The molecule has 0 aliphatic carbocycles. The van der Waals surface area contributed by atoms with Gasteiger partial charge in [0.15, 0.2) is 16.8 Å². The molecule has 0 aliphatic rings. The van der Waals surface area contributed by atoms with E-state index in [0.29, 0.717) is 11.2 Å². The van der Waals surface area contributed by atoms with Gasteiger partial charge >= 0.3 is 0 Å². The van der Waals surface area contributed by atoms with E-state index in [9.17, 15) is 13.2 Å². The van der Waals surface area contributed by atoms with Crippen LogP contribution in [0.3, 0.4) is 0 Å². The zero-order valence-electron chi connectivity index (χ0n) is 10.3. The lowest BCUT2D eigenvalue weighted by Gasteiger charge is -2.04. The van der Waals surface area contributed by atoms with Crippen molar-refractivity contribution in [2.75, 3.05) is 5.73 Å². The molecule has 2 nitrogen and oxygen atoms in total. The molecule has 2 N–H and O–H groups in total. The molecule has 0 unspecified atom stereocenters. The van der Waals surface area contributed by atoms with Crippen molar-refractivity contribution in [3.63, 3.8) is 0 Å². The van der Waals surface area contributed by atoms with Crippen LogP contribution in [-0.4, -0.2) is 4.98 Å². The highest BCUT2D eigenvalue weighted by atomic mass is 32.1. The molecular weight excluding hydrogens is 273 g/mol. The molecule has 0 saturated carbocycles. The van der Waals surface area contributed by atoms with Gasteiger partial charge in [0.05, 0.1) is 5.69 Å². The minimum Gasteiger partial charge on any atom is -0.375 e. The molecule has 0 fully saturated rings. The Balaban J connectivity index is 2.33. The molecule has 1 aromatic carbocycles. The number of anilines is 1. The molecule has 102 valence electrons. The lowest BCUT2D eigenvalue weighted by Crippen LogP contribution is -1.98. The van der Waals surface area contributed by atoms with Crippen LogP contribution in [0.15, 0.2) is 12.1 Å². The van der Waals surface area contributed by atoms with Crippen LogP contribution in [0.4, 0.5) is 18.3 Å². The van der Waals surface area contributed by atoms with E-state index in [4.69, 9.17) is 5.73 Å². The summed E-state index contributed by atoms with van der Waals surface area (Å²) in [7, 11) is 0. The van der Waals surface area contributed by atoms with Crippen molar-refractivity contribution in [1.29, 1.82) is 0 Å². The standard InChI is InChI=1S/C13H13F3N2S/c1-2-3-11-12(19-13(17)18-11)5-7-4-9(15)10(16)6-8(7)14/h4,6H,2-3,5H2,1H3,(H2,17,18). The third-order valence-corrected chi connectivity index (χ3v) is 3.65. The van der Waals surface area contributed by atoms with Gasteiger partial charge in [-0.05, 0) is 18.1 Å². The summed E-state index contributed by atoms with van der Waals surface area (Å²) >= 11 is 1.25. The van der Waals surface area contributed by atoms with Gasteiger partial charge in [0.25, 0.3) is 0 Å². The van der Waals surface area contributed by atoms with Gasteiger partial charge in [0, 0.05) is 17.4 Å². The number of benzene rings is 1. The fraction of sp³-hybridized carbons (Fsp3) is 0.308. The summed E-state index contributed by atoms with van der Waals surface area (Å²) < 4.78 is 39.6. The largest absolute Gasteiger partial charge is 0.375 e. The van der Waals surface area contributed by atoms with Gasteiger partial charge in [-0.1, -0.05) is 13.3 Å². The van der Waals surface area contributed by atoms with Gasteiger partial charge in [-0.2, -0.15) is 0 Å². The van der Waals surface area contributed by atoms with Crippen molar-refractivity contribution in [3.8, 4) is 0 Å². The topological polar surface area (TPSA) is 38.9 Å². The zero-order valence-corrected chi connectivity index (χ0v) is 11.2. The molecule has 0 aliphatic heterocycles. The second-order valence-corrected chi connectivity index (χ2v) is 5.32. The lowest BCUT2D eigenvalue weighted by atomic mass is 10.1. The van der Waals surface area contributed by atoms with E-state index in [2.05, 4.69) is 4.98 Å². The first kappa shape index (κ1) is 13.9. The molecule has 19 heavy (non-hydrogen) atoms. The third-order valence-electron chi connectivity index (χ3n) is 2.72. The smallest absolute Gasteiger partial charge is 0.180 e. The van der Waals surface area contributed by atoms with Crippen LogP contribution < -0.4 is 5.73 Å². The number of nitrogen functional groups attached to an aromatic ring is 1. The fourth-order valence-electron chi connectivity index (χ4n) is 1.85. The molecule has 1 heterocycles. The van der Waals surface area contributed by atoms with Crippen LogP contribution >= 0.6 is 11.3 Å². The average molecular weight is 286 g/mol. The number of aromatic nitrogens is 1. The highest BCUT2D eigenvalue weighted by Gasteiger charge is 2.14. The van der Waals surface area contributed by atoms with Gasteiger partial charge in [-0.15, -0.1) is 11.3 Å². The normalized spacial score (nSPS) is 10.9. The fourth-order valence-corrected chi connectivity index (χ4v) is 2.75. The summed E-state index contributed by atoms with van der Waals surface area (Å²) in [6.45, 7) is 2.00. The van der Waals surface area contributed by atoms with Crippen molar-refractivity contribution in [3.05, 3.63) is 45.7 Å². The van der Waals surface area contributed by atoms with Gasteiger partial charge in [-0.3, -0.25) is 0 Å². The second-order valence-electron chi connectivity index (χ2n) is 4.21. The molecule has 0 saturated heterocycles. The summed E-state index contributed by atoms with van der Waals surface area (Å²) in [6.07, 6.45) is 1.79. The van der Waals surface area contributed by atoms with E-state index in [1.54, 1.807) is 0 Å². The lowest BCUT2D eigenvalue weighted by molar-refractivity contribution is 0.491. The first-order valence-corrected chi connectivity index (χ1v) is 6.70. The van der Waals surface area contributed by atoms with Crippen molar-refractivity contribution >= 4 is 16.5 Å². The molecule has 2 aromatic rings.